The van der Waals surface area contributed by atoms with Gasteiger partial charge in [0.15, 0.2) is 18.1 Å². The van der Waals surface area contributed by atoms with Crippen LogP contribution in [0.25, 0.3) is 6.08 Å². The van der Waals surface area contributed by atoms with Crippen LogP contribution >= 0.6 is 22.6 Å². The quantitative estimate of drug-likeness (QED) is 0.430. The van der Waals surface area contributed by atoms with Gasteiger partial charge in [-0.2, -0.15) is 0 Å². The molecule has 1 heterocycles. The molecule has 0 bridgehead atoms. The third-order valence-corrected chi connectivity index (χ3v) is 4.00. The summed E-state index contributed by atoms with van der Waals surface area (Å²) < 4.78 is 16.5. The second-order valence-corrected chi connectivity index (χ2v) is 6.35. The lowest BCUT2D eigenvalue weighted by Gasteiger charge is -2.05. The number of esters is 1. The number of carbonyl (C=O) groups excluding carboxylic acids is 2. The first-order chi connectivity index (χ1) is 12.1. The highest BCUT2D eigenvalue weighted by molar-refractivity contribution is 14.1. The molecule has 0 spiro atoms. The Hall–Kier alpha value is -2.55. The minimum absolute atomic E-state index is 0.195. The molecule has 25 heavy (non-hydrogen) atoms. The molecule has 2 aromatic rings. The molecule has 3 rings (SSSR count). The Bertz CT molecular complexity index is 817. The van der Waals surface area contributed by atoms with Crippen molar-refractivity contribution in [2.75, 3.05) is 18.7 Å². The zero-order valence-corrected chi connectivity index (χ0v) is 15.2. The van der Waals surface area contributed by atoms with Crippen LogP contribution in [0, 0.1) is 3.57 Å². The zero-order chi connectivity index (χ0) is 17.6. The molecule has 6 nitrogen and oxygen atoms in total. The molecular formula is C18H14INO5. The summed E-state index contributed by atoms with van der Waals surface area (Å²) in [6.07, 6.45) is 2.84. The van der Waals surface area contributed by atoms with E-state index in [0.717, 1.165) is 9.13 Å². The maximum Gasteiger partial charge on any atom is 0.331 e. The molecule has 0 saturated carbocycles. The average Bonchev–Trinajstić information content (AvgIpc) is 3.08. The fourth-order valence-electron chi connectivity index (χ4n) is 2.10. The lowest BCUT2D eigenvalue weighted by Crippen LogP contribution is -2.20. The molecule has 0 radical (unpaired) electrons. The van der Waals surface area contributed by atoms with Crippen LogP contribution in [-0.2, 0) is 14.3 Å². The minimum Gasteiger partial charge on any atom is -0.454 e. The smallest absolute Gasteiger partial charge is 0.331 e. The highest BCUT2D eigenvalue weighted by Gasteiger charge is 2.12. The molecule has 0 aliphatic carbocycles. The van der Waals surface area contributed by atoms with E-state index in [2.05, 4.69) is 27.9 Å². The lowest BCUT2D eigenvalue weighted by molar-refractivity contribution is -0.142. The van der Waals surface area contributed by atoms with Crippen LogP contribution in [0.15, 0.2) is 48.5 Å². The number of rotatable bonds is 5. The summed E-state index contributed by atoms with van der Waals surface area (Å²) in [4.78, 5) is 23.5. The van der Waals surface area contributed by atoms with Crippen LogP contribution in [0.5, 0.6) is 11.5 Å². The first-order valence-corrected chi connectivity index (χ1v) is 8.48. The van der Waals surface area contributed by atoms with Crippen molar-refractivity contribution in [1.82, 2.24) is 0 Å². The van der Waals surface area contributed by atoms with Gasteiger partial charge >= 0.3 is 5.97 Å². The SMILES string of the molecule is O=C(COC(=O)/C=C/c1ccc2c(c1)OCO2)Nc1ccc(I)cc1. The fourth-order valence-corrected chi connectivity index (χ4v) is 2.46. The molecule has 1 aliphatic heterocycles. The van der Waals surface area contributed by atoms with E-state index < -0.39 is 11.9 Å². The maximum absolute atomic E-state index is 11.8. The summed E-state index contributed by atoms with van der Waals surface area (Å²) in [6, 6.07) is 12.6. The number of carbonyl (C=O) groups is 2. The Labute approximate surface area is 157 Å². The molecule has 1 aliphatic rings. The van der Waals surface area contributed by atoms with Gasteiger partial charge in [0.25, 0.3) is 5.91 Å². The van der Waals surface area contributed by atoms with Gasteiger partial charge in [-0.3, -0.25) is 4.79 Å². The van der Waals surface area contributed by atoms with Gasteiger partial charge in [0.05, 0.1) is 0 Å². The summed E-state index contributed by atoms with van der Waals surface area (Å²) in [7, 11) is 0. The van der Waals surface area contributed by atoms with Crippen molar-refractivity contribution in [3.63, 3.8) is 0 Å². The van der Waals surface area contributed by atoms with E-state index in [1.807, 2.05) is 12.1 Å². The zero-order valence-electron chi connectivity index (χ0n) is 13.0. The highest BCUT2D eigenvalue weighted by Crippen LogP contribution is 2.32. The van der Waals surface area contributed by atoms with Crippen LogP contribution in [0.3, 0.4) is 0 Å². The molecule has 2 aromatic carbocycles. The molecule has 0 unspecified atom stereocenters. The van der Waals surface area contributed by atoms with Gasteiger partial charge in [-0.1, -0.05) is 6.07 Å². The largest absolute Gasteiger partial charge is 0.454 e. The average molecular weight is 451 g/mol. The molecule has 1 N–H and O–H groups in total. The lowest BCUT2D eigenvalue weighted by atomic mass is 10.2. The van der Waals surface area contributed by atoms with Crippen molar-refractivity contribution < 1.29 is 23.8 Å². The van der Waals surface area contributed by atoms with Crippen LogP contribution in [0.2, 0.25) is 0 Å². The molecule has 0 fully saturated rings. The maximum atomic E-state index is 11.8. The van der Waals surface area contributed by atoms with Crippen molar-refractivity contribution in [2.24, 2.45) is 0 Å². The number of nitrogens with one attached hydrogen (secondary N) is 1. The topological polar surface area (TPSA) is 73.9 Å². The number of halogens is 1. The first kappa shape index (κ1) is 17.3. The van der Waals surface area contributed by atoms with Crippen LogP contribution < -0.4 is 14.8 Å². The molecule has 1 amide bonds. The molecule has 7 heteroatoms. The molecule has 0 saturated heterocycles. The number of benzene rings is 2. The molecule has 0 atom stereocenters. The van der Waals surface area contributed by atoms with Gasteiger partial charge in [-0.15, -0.1) is 0 Å². The van der Waals surface area contributed by atoms with Gasteiger partial charge < -0.3 is 19.5 Å². The number of hydrogen-bond donors (Lipinski definition) is 1. The van der Waals surface area contributed by atoms with Crippen molar-refractivity contribution in [3.8, 4) is 11.5 Å². The molecular weight excluding hydrogens is 437 g/mol. The second kappa shape index (κ2) is 8.02. The number of amides is 1. The monoisotopic (exact) mass is 451 g/mol. The van der Waals surface area contributed by atoms with Gasteiger partial charge in [-0.05, 0) is 70.6 Å². The van der Waals surface area contributed by atoms with E-state index in [9.17, 15) is 9.59 Å². The van der Waals surface area contributed by atoms with Gasteiger partial charge in [0, 0.05) is 15.3 Å². The summed E-state index contributed by atoms with van der Waals surface area (Å²) in [5.41, 5.74) is 1.42. The summed E-state index contributed by atoms with van der Waals surface area (Å²) in [5, 5.41) is 2.65. The summed E-state index contributed by atoms with van der Waals surface area (Å²) in [5.74, 6) is 0.306. The Balaban J connectivity index is 1.47. The Morgan fingerprint density at radius 3 is 2.68 bits per heavy atom. The summed E-state index contributed by atoms with van der Waals surface area (Å²) in [6.45, 7) is -0.156. The van der Waals surface area contributed by atoms with Gasteiger partial charge in [0.1, 0.15) is 0 Å². The first-order valence-electron chi connectivity index (χ1n) is 7.40. The number of anilines is 1. The van der Waals surface area contributed by atoms with E-state index in [1.165, 1.54) is 6.08 Å². The molecule has 128 valence electrons. The van der Waals surface area contributed by atoms with E-state index in [0.29, 0.717) is 17.2 Å². The van der Waals surface area contributed by atoms with Crippen molar-refractivity contribution in [1.29, 1.82) is 0 Å². The predicted octanol–water partition coefficient (Wildman–Crippen LogP) is 3.22. The van der Waals surface area contributed by atoms with Crippen LogP contribution in [0.4, 0.5) is 5.69 Å². The Morgan fingerprint density at radius 2 is 1.88 bits per heavy atom. The fraction of sp³-hybridized carbons (Fsp3) is 0.111. The van der Waals surface area contributed by atoms with Crippen molar-refractivity contribution in [2.45, 2.75) is 0 Å². The van der Waals surface area contributed by atoms with Crippen molar-refractivity contribution in [3.05, 3.63) is 57.7 Å². The number of fused-ring (bicyclic) bond motifs is 1. The third kappa shape index (κ3) is 4.96. The van der Waals surface area contributed by atoms with E-state index >= 15 is 0 Å². The Kier molecular flexibility index (Phi) is 5.54. The van der Waals surface area contributed by atoms with E-state index in [-0.39, 0.29) is 13.4 Å². The minimum atomic E-state index is -0.601. The van der Waals surface area contributed by atoms with Crippen molar-refractivity contribution >= 4 is 46.2 Å². The third-order valence-electron chi connectivity index (χ3n) is 3.28. The van der Waals surface area contributed by atoms with E-state index in [1.54, 1.807) is 36.4 Å². The second-order valence-electron chi connectivity index (χ2n) is 5.11. The number of ether oxygens (including phenoxy) is 3. The van der Waals surface area contributed by atoms with Crippen LogP contribution in [0.1, 0.15) is 5.56 Å². The standard InChI is InChI=1S/C18H14INO5/c19-13-3-5-14(6-4-13)20-17(21)10-23-18(22)8-2-12-1-7-15-16(9-12)25-11-24-15/h1-9H,10-11H2,(H,20,21)/b8-2+. The normalized spacial score (nSPS) is 12.2. The van der Waals surface area contributed by atoms with E-state index in [4.69, 9.17) is 14.2 Å². The highest BCUT2D eigenvalue weighted by atomic mass is 127. The van der Waals surface area contributed by atoms with Gasteiger partial charge in [0.2, 0.25) is 6.79 Å². The summed E-state index contributed by atoms with van der Waals surface area (Å²) >= 11 is 2.17. The predicted molar refractivity (Wildman–Crippen MR) is 100 cm³/mol. The van der Waals surface area contributed by atoms with Crippen LogP contribution in [-0.4, -0.2) is 25.3 Å². The number of hydrogen-bond acceptors (Lipinski definition) is 5. The van der Waals surface area contributed by atoms with Gasteiger partial charge in [-0.25, -0.2) is 4.79 Å². The Morgan fingerprint density at radius 1 is 1.12 bits per heavy atom. The molecule has 0 aromatic heterocycles.